The maximum atomic E-state index is 12.7. The molecule has 2 atom stereocenters. The molecule has 2 rings (SSSR count). The van der Waals surface area contributed by atoms with Crippen molar-refractivity contribution in [3.8, 4) is 5.75 Å². The molecule has 1 amide bonds. The molecule has 0 fully saturated rings. The number of aromatic nitrogens is 2. The number of amides is 1. The van der Waals surface area contributed by atoms with Crippen molar-refractivity contribution in [2.45, 2.75) is 39.2 Å². The first-order chi connectivity index (χ1) is 12.2. The molecule has 7 nitrogen and oxygen atoms in total. The molecule has 7 heteroatoms. The Morgan fingerprint density at radius 1 is 1.31 bits per heavy atom. The standard InChI is InChI=1S/C19H25N3O4/c1-12(16-13(2)21-22(5)14(16)3)17(23)20-19(4,18(24)25)11-26-15-9-7-6-8-10-15/h6-10,12H,11H2,1-5H3,(H,20,23)(H,24,25)/t12-,19+/m1/s1. The molecule has 1 heterocycles. The first-order valence-corrected chi connectivity index (χ1v) is 8.39. The number of nitrogens with zero attached hydrogens (tertiary/aromatic N) is 2. The maximum absolute atomic E-state index is 12.7. The van der Waals surface area contributed by atoms with Crippen LogP contribution in [0.15, 0.2) is 30.3 Å². The predicted octanol–water partition coefficient (Wildman–Crippen LogP) is 2.18. The van der Waals surface area contributed by atoms with Crippen LogP contribution in [0.2, 0.25) is 0 Å². The molecule has 0 aliphatic carbocycles. The maximum Gasteiger partial charge on any atom is 0.332 e. The first kappa shape index (κ1) is 19.5. The van der Waals surface area contributed by atoms with E-state index in [9.17, 15) is 14.7 Å². The van der Waals surface area contributed by atoms with Crippen molar-refractivity contribution in [1.29, 1.82) is 0 Å². The molecule has 0 saturated carbocycles. The Bertz CT molecular complexity index is 801. The number of hydrogen-bond acceptors (Lipinski definition) is 4. The molecule has 0 aliphatic heterocycles. The Balaban J connectivity index is 2.15. The minimum Gasteiger partial charge on any atom is -0.491 e. The van der Waals surface area contributed by atoms with Crippen molar-refractivity contribution >= 4 is 11.9 Å². The van der Waals surface area contributed by atoms with Gasteiger partial charge in [-0.3, -0.25) is 9.48 Å². The van der Waals surface area contributed by atoms with Crippen LogP contribution in [-0.4, -0.2) is 38.9 Å². The zero-order valence-electron chi connectivity index (χ0n) is 15.7. The van der Waals surface area contributed by atoms with Gasteiger partial charge in [-0.05, 0) is 39.8 Å². The first-order valence-electron chi connectivity index (χ1n) is 8.39. The Morgan fingerprint density at radius 3 is 2.42 bits per heavy atom. The lowest BCUT2D eigenvalue weighted by Gasteiger charge is -2.28. The summed E-state index contributed by atoms with van der Waals surface area (Å²) in [7, 11) is 1.81. The number of carboxylic acids is 1. The number of aryl methyl sites for hydroxylation is 2. The van der Waals surface area contributed by atoms with Gasteiger partial charge in [-0.1, -0.05) is 18.2 Å². The molecule has 140 valence electrons. The van der Waals surface area contributed by atoms with E-state index in [1.807, 2.05) is 27.0 Å². The van der Waals surface area contributed by atoms with Gasteiger partial charge in [-0.2, -0.15) is 5.10 Å². The summed E-state index contributed by atoms with van der Waals surface area (Å²) in [6.07, 6.45) is 0. The van der Waals surface area contributed by atoms with Gasteiger partial charge in [-0.15, -0.1) is 0 Å². The Hall–Kier alpha value is -2.83. The molecular weight excluding hydrogens is 334 g/mol. The van der Waals surface area contributed by atoms with Crippen molar-refractivity contribution in [2.24, 2.45) is 7.05 Å². The highest BCUT2D eigenvalue weighted by atomic mass is 16.5. The zero-order chi connectivity index (χ0) is 19.5. The van der Waals surface area contributed by atoms with Gasteiger partial charge in [0.2, 0.25) is 5.91 Å². The van der Waals surface area contributed by atoms with Crippen LogP contribution in [0.25, 0.3) is 0 Å². The van der Waals surface area contributed by atoms with Crippen LogP contribution in [-0.2, 0) is 16.6 Å². The molecule has 1 aromatic carbocycles. The number of ether oxygens (including phenoxy) is 1. The highest BCUT2D eigenvalue weighted by Crippen LogP contribution is 2.24. The quantitative estimate of drug-likeness (QED) is 0.790. The molecule has 0 radical (unpaired) electrons. The molecule has 2 aromatic rings. The minimum atomic E-state index is -1.55. The van der Waals surface area contributed by atoms with Gasteiger partial charge in [0.1, 0.15) is 12.4 Å². The Morgan fingerprint density at radius 2 is 1.92 bits per heavy atom. The van der Waals surface area contributed by atoms with E-state index >= 15 is 0 Å². The fourth-order valence-corrected chi connectivity index (χ4v) is 2.82. The van der Waals surface area contributed by atoms with Crippen molar-refractivity contribution in [1.82, 2.24) is 15.1 Å². The van der Waals surface area contributed by atoms with E-state index in [1.165, 1.54) is 6.92 Å². The van der Waals surface area contributed by atoms with Gasteiger partial charge in [0.15, 0.2) is 5.54 Å². The normalized spacial score (nSPS) is 14.3. The van der Waals surface area contributed by atoms with Crippen LogP contribution in [0.4, 0.5) is 0 Å². The Kier molecular flexibility index (Phi) is 5.69. The van der Waals surface area contributed by atoms with E-state index in [0.717, 1.165) is 17.0 Å². The van der Waals surface area contributed by atoms with E-state index in [2.05, 4.69) is 10.4 Å². The smallest absolute Gasteiger partial charge is 0.332 e. The summed E-state index contributed by atoms with van der Waals surface area (Å²) in [5, 5.41) is 16.6. The van der Waals surface area contributed by atoms with E-state index in [1.54, 1.807) is 35.9 Å². The van der Waals surface area contributed by atoms with E-state index < -0.39 is 17.4 Å². The average molecular weight is 359 g/mol. The van der Waals surface area contributed by atoms with Crippen molar-refractivity contribution in [2.75, 3.05) is 6.61 Å². The third kappa shape index (κ3) is 4.04. The van der Waals surface area contributed by atoms with E-state index in [-0.39, 0.29) is 12.5 Å². The van der Waals surface area contributed by atoms with Gasteiger partial charge in [-0.25, -0.2) is 4.79 Å². The van der Waals surface area contributed by atoms with Crippen LogP contribution in [0.1, 0.15) is 36.7 Å². The summed E-state index contributed by atoms with van der Waals surface area (Å²) in [6, 6.07) is 8.89. The van der Waals surface area contributed by atoms with Gasteiger partial charge in [0.05, 0.1) is 11.6 Å². The molecular formula is C19H25N3O4. The van der Waals surface area contributed by atoms with Gasteiger partial charge >= 0.3 is 5.97 Å². The monoisotopic (exact) mass is 359 g/mol. The van der Waals surface area contributed by atoms with Crippen LogP contribution in [0, 0.1) is 13.8 Å². The van der Waals surface area contributed by atoms with Gasteiger partial charge in [0, 0.05) is 18.3 Å². The molecule has 0 spiro atoms. The number of carboxylic acid groups (broad SMARTS) is 1. The van der Waals surface area contributed by atoms with Crippen LogP contribution >= 0.6 is 0 Å². The third-order valence-corrected chi connectivity index (χ3v) is 4.53. The second-order valence-corrected chi connectivity index (χ2v) is 6.66. The largest absolute Gasteiger partial charge is 0.491 e. The number of nitrogens with one attached hydrogen (secondary N) is 1. The summed E-state index contributed by atoms with van der Waals surface area (Å²) in [4.78, 5) is 24.5. The summed E-state index contributed by atoms with van der Waals surface area (Å²) >= 11 is 0. The number of para-hydroxylation sites is 1. The predicted molar refractivity (Wildman–Crippen MR) is 97.2 cm³/mol. The number of benzene rings is 1. The van der Waals surface area contributed by atoms with Crippen molar-refractivity contribution < 1.29 is 19.4 Å². The van der Waals surface area contributed by atoms with Crippen molar-refractivity contribution in [3.63, 3.8) is 0 Å². The fraction of sp³-hybridized carbons (Fsp3) is 0.421. The molecule has 2 N–H and O–H groups in total. The highest BCUT2D eigenvalue weighted by molar-refractivity contribution is 5.90. The second kappa shape index (κ2) is 7.59. The zero-order valence-corrected chi connectivity index (χ0v) is 15.7. The summed E-state index contributed by atoms with van der Waals surface area (Å²) < 4.78 is 7.27. The lowest BCUT2D eigenvalue weighted by molar-refractivity contribution is -0.148. The molecule has 1 aromatic heterocycles. The molecule has 0 bridgehead atoms. The SMILES string of the molecule is Cc1nn(C)c(C)c1[C@@H](C)C(=O)N[C@@](C)(COc1ccccc1)C(=O)O. The number of hydrogen-bond donors (Lipinski definition) is 2. The summed E-state index contributed by atoms with van der Waals surface area (Å²) in [6.45, 7) is 6.71. The van der Waals surface area contributed by atoms with E-state index in [0.29, 0.717) is 5.75 Å². The second-order valence-electron chi connectivity index (χ2n) is 6.66. The van der Waals surface area contributed by atoms with Crippen LogP contribution < -0.4 is 10.1 Å². The Labute approximate surface area is 153 Å². The summed E-state index contributed by atoms with van der Waals surface area (Å²) in [5.41, 5.74) is 0.889. The molecule has 0 unspecified atom stereocenters. The number of rotatable bonds is 7. The van der Waals surface area contributed by atoms with Crippen molar-refractivity contribution in [3.05, 3.63) is 47.3 Å². The van der Waals surface area contributed by atoms with Gasteiger partial charge < -0.3 is 15.2 Å². The summed E-state index contributed by atoms with van der Waals surface area (Å²) in [5.74, 6) is -1.53. The number of aliphatic carboxylic acids is 1. The third-order valence-electron chi connectivity index (χ3n) is 4.53. The lowest BCUT2D eigenvalue weighted by atomic mass is 9.95. The molecule has 0 aliphatic rings. The van der Waals surface area contributed by atoms with Crippen LogP contribution in [0.3, 0.4) is 0 Å². The topological polar surface area (TPSA) is 93.5 Å². The minimum absolute atomic E-state index is 0.185. The number of carbonyl (C=O) groups excluding carboxylic acids is 1. The van der Waals surface area contributed by atoms with Crippen LogP contribution in [0.5, 0.6) is 5.75 Å². The lowest BCUT2D eigenvalue weighted by Crippen LogP contribution is -2.57. The molecule has 26 heavy (non-hydrogen) atoms. The average Bonchev–Trinajstić information content (AvgIpc) is 2.85. The number of carbonyl (C=O) groups is 2. The van der Waals surface area contributed by atoms with E-state index in [4.69, 9.17) is 4.74 Å². The highest BCUT2D eigenvalue weighted by Gasteiger charge is 2.38. The van der Waals surface area contributed by atoms with Gasteiger partial charge in [0.25, 0.3) is 0 Å². The molecule has 0 saturated heterocycles. The fourth-order valence-electron chi connectivity index (χ4n) is 2.82.